The largest absolute Gasteiger partial charge is 0.454 e. The van der Waals surface area contributed by atoms with E-state index in [1.54, 1.807) is 24.3 Å². The lowest BCUT2D eigenvalue weighted by molar-refractivity contribution is -0.166. The Hall–Kier alpha value is -1.82. The first-order chi connectivity index (χ1) is 11.2. The molecular weight excluding hydrogens is 319 g/mol. The second kappa shape index (κ2) is 7.38. The normalized spacial score (nSPS) is 18.9. The summed E-state index contributed by atoms with van der Waals surface area (Å²) in [4.78, 5) is 11.3. The molecule has 1 aromatic carbocycles. The topological polar surface area (TPSA) is 63.3 Å². The van der Waals surface area contributed by atoms with Gasteiger partial charge in [0, 0.05) is 11.3 Å². The number of carbonyl (C=O) groups is 1. The average molecular weight is 341 g/mol. The van der Waals surface area contributed by atoms with E-state index in [1.807, 2.05) is 0 Å². The minimum absolute atomic E-state index is 0.198. The van der Waals surface area contributed by atoms with Gasteiger partial charge in [-0.15, -0.1) is 0 Å². The van der Waals surface area contributed by atoms with E-state index in [0.717, 1.165) is 38.2 Å². The van der Waals surface area contributed by atoms with Crippen LogP contribution in [-0.2, 0) is 4.79 Å². The van der Waals surface area contributed by atoms with Gasteiger partial charge in [0.2, 0.25) is 0 Å². The monoisotopic (exact) mass is 341 g/mol. The van der Waals surface area contributed by atoms with Gasteiger partial charge in [-0.1, -0.05) is 43.5 Å². The van der Waals surface area contributed by atoms with Gasteiger partial charge in [0.15, 0.2) is 0 Å². The Labute approximate surface area is 139 Å². The summed E-state index contributed by atoms with van der Waals surface area (Å²) in [6.07, 6.45) is -0.166. The number of rotatable bonds is 4. The standard InChI is InChI=1S/C18H22F3NO2/c1-11(17(24)18(19,20)21)15(22)12-7-9-14(10-8-12)16(23)13-5-3-2-4-6-13/h7-10,13,16,23H,2-6,22H2,1H3. The predicted octanol–water partition coefficient (Wildman–Crippen LogP) is 4.12. The molecule has 2 rings (SSSR count). The highest BCUT2D eigenvalue weighted by molar-refractivity contribution is 6.04. The number of benzene rings is 1. The SMILES string of the molecule is CC(C(=O)C(F)(F)F)=C(N)c1ccc(C(O)C2CCCCC2)cc1. The fraction of sp³-hybridized carbons (Fsp3) is 0.500. The minimum Gasteiger partial charge on any atom is -0.398 e. The fourth-order valence-electron chi connectivity index (χ4n) is 3.13. The maximum Gasteiger partial charge on any atom is 0.454 e. The molecule has 0 aliphatic heterocycles. The average Bonchev–Trinajstić information content (AvgIpc) is 2.59. The maximum atomic E-state index is 12.5. The van der Waals surface area contributed by atoms with E-state index in [1.165, 1.54) is 6.42 Å². The Morgan fingerprint density at radius 1 is 1.17 bits per heavy atom. The Kier molecular flexibility index (Phi) is 5.70. The van der Waals surface area contributed by atoms with E-state index >= 15 is 0 Å². The number of ketones is 1. The Morgan fingerprint density at radius 3 is 2.21 bits per heavy atom. The predicted molar refractivity (Wildman–Crippen MR) is 85.8 cm³/mol. The molecular formula is C18H22F3NO2. The highest BCUT2D eigenvalue weighted by Crippen LogP contribution is 2.34. The van der Waals surface area contributed by atoms with Gasteiger partial charge in [-0.3, -0.25) is 4.79 Å². The molecule has 1 aliphatic carbocycles. The lowest BCUT2D eigenvalue weighted by atomic mass is 9.82. The third-order valence-electron chi connectivity index (χ3n) is 4.66. The molecule has 0 saturated heterocycles. The molecule has 1 aromatic rings. The number of halogens is 3. The van der Waals surface area contributed by atoms with Crippen molar-refractivity contribution >= 4 is 11.5 Å². The number of allylic oxidation sites excluding steroid dienone is 1. The molecule has 6 heteroatoms. The molecule has 1 unspecified atom stereocenters. The third kappa shape index (κ3) is 4.17. The molecule has 1 saturated carbocycles. The third-order valence-corrected chi connectivity index (χ3v) is 4.66. The van der Waals surface area contributed by atoms with Crippen molar-refractivity contribution in [1.29, 1.82) is 0 Å². The molecule has 132 valence electrons. The maximum absolute atomic E-state index is 12.5. The quantitative estimate of drug-likeness (QED) is 0.810. The van der Waals surface area contributed by atoms with E-state index in [9.17, 15) is 23.1 Å². The summed E-state index contributed by atoms with van der Waals surface area (Å²) in [7, 11) is 0. The molecule has 0 aromatic heterocycles. The van der Waals surface area contributed by atoms with Gasteiger partial charge in [0.05, 0.1) is 6.10 Å². The first-order valence-electron chi connectivity index (χ1n) is 8.08. The lowest BCUT2D eigenvalue weighted by Gasteiger charge is -2.27. The Bertz CT molecular complexity index is 614. The number of nitrogens with two attached hydrogens (primary N) is 1. The number of hydrogen-bond donors (Lipinski definition) is 2. The zero-order valence-electron chi connectivity index (χ0n) is 13.6. The molecule has 24 heavy (non-hydrogen) atoms. The summed E-state index contributed by atoms with van der Waals surface area (Å²) >= 11 is 0. The van der Waals surface area contributed by atoms with Gasteiger partial charge in [-0.2, -0.15) is 13.2 Å². The van der Waals surface area contributed by atoms with E-state index in [-0.39, 0.29) is 11.6 Å². The minimum atomic E-state index is -4.94. The van der Waals surface area contributed by atoms with Crippen LogP contribution in [0.25, 0.3) is 5.70 Å². The Balaban J connectivity index is 2.17. The van der Waals surface area contributed by atoms with Crippen LogP contribution in [0.15, 0.2) is 29.8 Å². The van der Waals surface area contributed by atoms with E-state index in [0.29, 0.717) is 5.56 Å². The van der Waals surface area contributed by atoms with Gasteiger partial charge in [0.1, 0.15) is 0 Å². The number of aliphatic hydroxyl groups excluding tert-OH is 1. The molecule has 0 radical (unpaired) electrons. The summed E-state index contributed by atoms with van der Waals surface area (Å²) in [6, 6.07) is 6.41. The van der Waals surface area contributed by atoms with Crippen LogP contribution in [0.2, 0.25) is 0 Å². The van der Waals surface area contributed by atoms with Crippen molar-refractivity contribution in [1.82, 2.24) is 0 Å². The lowest BCUT2D eigenvalue weighted by Crippen LogP contribution is -2.25. The molecule has 3 nitrogen and oxygen atoms in total. The van der Waals surface area contributed by atoms with Crippen molar-refractivity contribution in [2.75, 3.05) is 0 Å². The molecule has 3 N–H and O–H groups in total. The van der Waals surface area contributed by atoms with Crippen molar-refractivity contribution in [3.05, 3.63) is 41.0 Å². The molecule has 0 bridgehead atoms. The summed E-state index contributed by atoms with van der Waals surface area (Å²) in [5.74, 6) is -1.72. The van der Waals surface area contributed by atoms with Crippen LogP contribution in [0.5, 0.6) is 0 Å². The summed E-state index contributed by atoms with van der Waals surface area (Å²) in [6.45, 7) is 1.07. The number of aliphatic hydroxyl groups is 1. The Morgan fingerprint density at radius 2 is 1.71 bits per heavy atom. The zero-order chi connectivity index (χ0) is 17.9. The second-order valence-electron chi connectivity index (χ2n) is 6.33. The van der Waals surface area contributed by atoms with Gasteiger partial charge in [-0.05, 0) is 36.8 Å². The van der Waals surface area contributed by atoms with Crippen LogP contribution >= 0.6 is 0 Å². The number of alkyl halides is 3. The molecule has 1 aliphatic rings. The van der Waals surface area contributed by atoms with Crippen LogP contribution < -0.4 is 5.73 Å². The first-order valence-corrected chi connectivity index (χ1v) is 8.08. The second-order valence-corrected chi connectivity index (χ2v) is 6.33. The van der Waals surface area contributed by atoms with Crippen molar-refractivity contribution in [2.45, 2.75) is 51.3 Å². The van der Waals surface area contributed by atoms with Crippen molar-refractivity contribution in [3.63, 3.8) is 0 Å². The molecule has 1 atom stereocenters. The van der Waals surface area contributed by atoms with Crippen LogP contribution in [0, 0.1) is 5.92 Å². The summed E-state index contributed by atoms with van der Waals surface area (Å²) in [5.41, 5.74) is 6.04. The number of Topliss-reactive ketones (excluding diaryl/α,β-unsaturated/α-hetero) is 1. The van der Waals surface area contributed by atoms with Gasteiger partial charge in [0.25, 0.3) is 5.78 Å². The first kappa shape index (κ1) is 18.5. The van der Waals surface area contributed by atoms with Gasteiger partial charge < -0.3 is 10.8 Å². The van der Waals surface area contributed by atoms with Crippen molar-refractivity contribution in [3.8, 4) is 0 Å². The van der Waals surface area contributed by atoms with Gasteiger partial charge >= 0.3 is 6.18 Å². The van der Waals surface area contributed by atoms with E-state index in [2.05, 4.69) is 0 Å². The van der Waals surface area contributed by atoms with Crippen LogP contribution in [0.4, 0.5) is 13.2 Å². The molecule has 0 heterocycles. The van der Waals surface area contributed by atoms with Crippen molar-refractivity contribution in [2.24, 2.45) is 11.7 Å². The van der Waals surface area contributed by atoms with Crippen molar-refractivity contribution < 1.29 is 23.1 Å². The number of carbonyl (C=O) groups excluding carboxylic acids is 1. The molecule has 0 amide bonds. The van der Waals surface area contributed by atoms with Crippen LogP contribution in [0.1, 0.15) is 56.3 Å². The highest BCUT2D eigenvalue weighted by atomic mass is 19.4. The van der Waals surface area contributed by atoms with Crippen LogP contribution in [-0.4, -0.2) is 17.1 Å². The fourth-order valence-corrected chi connectivity index (χ4v) is 3.13. The van der Waals surface area contributed by atoms with E-state index in [4.69, 9.17) is 5.73 Å². The van der Waals surface area contributed by atoms with Crippen LogP contribution in [0.3, 0.4) is 0 Å². The molecule has 1 fully saturated rings. The number of hydrogen-bond acceptors (Lipinski definition) is 3. The van der Waals surface area contributed by atoms with E-state index < -0.39 is 23.6 Å². The van der Waals surface area contributed by atoms with Gasteiger partial charge in [-0.25, -0.2) is 0 Å². The smallest absolute Gasteiger partial charge is 0.398 e. The molecule has 0 spiro atoms. The summed E-state index contributed by atoms with van der Waals surface area (Å²) in [5, 5.41) is 10.4. The summed E-state index contributed by atoms with van der Waals surface area (Å²) < 4.78 is 37.4. The highest BCUT2D eigenvalue weighted by Gasteiger charge is 2.40. The zero-order valence-corrected chi connectivity index (χ0v) is 13.6.